The summed E-state index contributed by atoms with van der Waals surface area (Å²) in [7, 11) is 0. The second kappa shape index (κ2) is 6.21. The maximum absolute atomic E-state index is 6.39. The molecule has 2 aliphatic rings. The molecule has 0 aliphatic carbocycles. The summed E-state index contributed by atoms with van der Waals surface area (Å²) in [5.41, 5.74) is 14.4. The highest BCUT2D eigenvalue weighted by atomic mass is 15.1. The third-order valence-electron chi connectivity index (χ3n) is 6.04. The lowest BCUT2D eigenvalue weighted by Crippen LogP contribution is -2.37. The molecule has 2 N–H and O–H groups in total. The van der Waals surface area contributed by atoms with Gasteiger partial charge in [-0.3, -0.25) is 0 Å². The first-order chi connectivity index (χ1) is 12.8. The van der Waals surface area contributed by atoms with Crippen molar-refractivity contribution in [2.45, 2.75) is 24.7 Å². The fourth-order valence-electron chi connectivity index (χ4n) is 4.88. The third-order valence-corrected chi connectivity index (χ3v) is 6.04. The monoisotopic (exact) mass is 340 g/mol. The molecule has 2 aliphatic heterocycles. The van der Waals surface area contributed by atoms with E-state index in [0.29, 0.717) is 11.8 Å². The van der Waals surface area contributed by atoms with E-state index >= 15 is 0 Å². The highest BCUT2D eigenvalue weighted by Gasteiger charge is 2.34. The molecule has 0 unspecified atom stereocenters. The molecule has 2 heterocycles. The lowest BCUT2D eigenvalue weighted by Gasteiger charge is -2.43. The Morgan fingerprint density at radius 2 is 1.15 bits per heavy atom. The molecule has 26 heavy (non-hydrogen) atoms. The van der Waals surface area contributed by atoms with Crippen molar-refractivity contribution in [1.29, 1.82) is 0 Å². The number of nitrogens with two attached hydrogens (primary N) is 1. The Balaban J connectivity index is 1.68. The standard InChI is InChI=1S/C24H24N2/c25-19-15-22-20(17-7-3-1-4-8-17)11-13-26-14-12-21(23(16-19)24(22)26)18-9-5-2-6-10-18/h1-10,15-16,20-21H,11-14,25H2/t20-,21-/m0/s1. The normalized spacial score (nSPS) is 21.3. The van der Waals surface area contributed by atoms with Gasteiger partial charge in [0.15, 0.2) is 0 Å². The van der Waals surface area contributed by atoms with Crippen LogP contribution in [0.25, 0.3) is 0 Å². The van der Waals surface area contributed by atoms with Crippen molar-refractivity contribution in [1.82, 2.24) is 0 Å². The Labute approximate surface area is 155 Å². The smallest absolute Gasteiger partial charge is 0.0445 e. The van der Waals surface area contributed by atoms with Gasteiger partial charge in [-0.2, -0.15) is 0 Å². The third kappa shape index (κ3) is 2.48. The van der Waals surface area contributed by atoms with Crippen LogP contribution in [-0.2, 0) is 0 Å². The first-order valence-corrected chi connectivity index (χ1v) is 9.59. The summed E-state index contributed by atoms with van der Waals surface area (Å²) in [6, 6.07) is 26.2. The summed E-state index contributed by atoms with van der Waals surface area (Å²) >= 11 is 0. The van der Waals surface area contributed by atoms with Gasteiger partial charge in [-0.15, -0.1) is 0 Å². The summed E-state index contributed by atoms with van der Waals surface area (Å²) in [6.07, 6.45) is 2.33. The Morgan fingerprint density at radius 3 is 1.62 bits per heavy atom. The molecular formula is C24H24N2. The maximum Gasteiger partial charge on any atom is 0.0445 e. The summed E-state index contributed by atoms with van der Waals surface area (Å²) in [5, 5.41) is 0. The quantitative estimate of drug-likeness (QED) is 0.654. The summed E-state index contributed by atoms with van der Waals surface area (Å²) in [5.74, 6) is 0.887. The van der Waals surface area contributed by atoms with Gasteiger partial charge in [-0.1, -0.05) is 60.7 Å². The van der Waals surface area contributed by atoms with Crippen LogP contribution in [0.1, 0.15) is 46.9 Å². The number of hydrogen-bond donors (Lipinski definition) is 1. The number of nitrogens with zero attached hydrogens (tertiary/aromatic N) is 1. The van der Waals surface area contributed by atoms with Crippen molar-refractivity contribution in [3.05, 3.63) is 95.1 Å². The average molecular weight is 340 g/mol. The van der Waals surface area contributed by atoms with E-state index in [1.165, 1.54) is 27.9 Å². The second-order valence-electron chi connectivity index (χ2n) is 7.54. The Morgan fingerprint density at radius 1 is 0.692 bits per heavy atom. The van der Waals surface area contributed by atoms with E-state index in [-0.39, 0.29) is 0 Å². The highest BCUT2D eigenvalue weighted by Crippen LogP contribution is 2.49. The molecule has 0 aromatic heterocycles. The Hall–Kier alpha value is -2.74. The Bertz CT molecular complexity index is 845. The minimum Gasteiger partial charge on any atom is -0.399 e. The number of hydrogen-bond acceptors (Lipinski definition) is 2. The summed E-state index contributed by atoms with van der Waals surface area (Å²) in [6.45, 7) is 2.26. The van der Waals surface area contributed by atoms with Gasteiger partial charge in [0.2, 0.25) is 0 Å². The SMILES string of the molecule is Nc1cc2c3c(c1)[C@H](c1ccccc1)CCN3CC[C@H]2c1ccccc1. The summed E-state index contributed by atoms with van der Waals surface area (Å²) < 4.78 is 0. The molecule has 0 saturated heterocycles. The predicted molar refractivity (Wildman–Crippen MR) is 109 cm³/mol. The van der Waals surface area contributed by atoms with Crippen molar-refractivity contribution >= 4 is 11.4 Å². The van der Waals surface area contributed by atoms with E-state index < -0.39 is 0 Å². The zero-order valence-corrected chi connectivity index (χ0v) is 14.9. The fourth-order valence-corrected chi connectivity index (χ4v) is 4.88. The Kier molecular flexibility index (Phi) is 3.70. The predicted octanol–water partition coefficient (Wildman–Crippen LogP) is 5.15. The van der Waals surface area contributed by atoms with Crippen LogP contribution < -0.4 is 10.6 Å². The number of nitrogen functional groups attached to an aromatic ring is 1. The maximum atomic E-state index is 6.39. The molecule has 130 valence electrons. The molecular weight excluding hydrogens is 316 g/mol. The molecule has 3 aromatic carbocycles. The van der Waals surface area contributed by atoms with E-state index in [2.05, 4.69) is 77.7 Å². The van der Waals surface area contributed by atoms with Gasteiger partial charge < -0.3 is 10.6 Å². The van der Waals surface area contributed by atoms with E-state index in [1.807, 2.05) is 0 Å². The lowest BCUT2D eigenvalue weighted by molar-refractivity contribution is 0.571. The van der Waals surface area contributed by atoms with E-state index in [1.54, 1.807) is 0 Å². The van der Waals surface area contributed by atoms with Crippen molar-refractivity contribution in [2.75, 3.05) is 23.7 Å². The van der Waals surface area contributed by atoms with E-state index in [4.69, 9.17) is 5.73 Å². The van der Waals surface area contributed by atoms with Crippen molar-refractivity contribution in [3.63, 3.8) is 0 Å². The van der Waals surface area contributed by atoms with E-state index in [0.717, 1.165) is 31.6 Å². The second-order valence-corrected chi connectivity index (χ2v) is 7.54. The van der Waals surface area contributed by atoms with E-state index in [9.17, 15) is 0 Å². The van der Waals surface area contributed by atoms with Crippen LogP contribution in [-0.4, -0.2) is 13.1 Å². The van der Waals surface area contributed by atoms with Crippen LogP contribution in [0.2, 0.25) is 0 Å². The minimum absolute atomic E-state index is 0.444. The topological polar surface area (TPSA) is 29.3 Å². The van der Waals surface area contributed by atoms with Crippen LogP contribution in [0.3, 0.4) is 0 Å². The first-order valence-electron chi connectivity index (χ1n) is 9.59. The van der Waals surface area contributed by atoms with Gasteiger partial charge in [0.1, 0.15) is 0 Å². The van der Waals surface area contributed by atoms with Crippen LogP contribution >= 0.6 is 0 Å². The van der Waals surface area contributed by atoms with Crippen LogP contribution in [0.5, 0.6) is 0 Å². The molecule has 2 heteroatoms. The minimum atomic E-state index is 0.444. The van der Waals surface area contributed by atoms with Gasteiger partial charge in [0, 0.05) is 36.3 Å². The number of anilines is 2. The highest BCUT2D eigenvalue weighted by molar-refractivity contribution is 5.72. The molecule has 0 saturated carbocycles. The van der Waals surface area contributed by atoms with Crippen molar-refractivity contribution < 1.29 is 0 Å². The van der Waals surface area contributed by atoms with Gasteiger partial charge in [-0.05, 0) is 47.2 Å². The zero-order chi connectivity index (χ0) is 17.5. The molecule has 0 radical (unpaired) electrons. The van der Waals surface area contributed by atoms with Crippen LogP contribution in [0, 0.1) is 0 Å². The molecule has 3 aromatic rings. The molecule has 0 bridgehead atoms. The number of benzene rings is 3. The number of rotatable bonds is 2. The lowest BCUT2D eigenvalue weighted by atomic mass is 9.76. The van der Waals surface area contributed by atoms with Gasteiger partial charge in [0.05, 0.1) is 0 Å². The van der Waals surface area contributed by atoms with Crippen molar-refractivity contribution in [2.24, 2.45) is 0 Å². The molecule has 5 rings (SSSR count). The van der Waals surface area contributed by atoms with Crippen molar-refractivity contribution in [3.8, 4) is 0 Å². The molecule has 2 atom stereocenters. The average Bonchev–Trinajstić information content (AvgIpc) is 2.69. The van der Waals surface area contributed by atoms with Gasteiger partial charge >= 0.3 is 0 Å². The molecule has 0 fully saturated rings. The largest absolute Gasteiger partial charge is 0.399 e. The molecule has 2 nitrogen and oxygen atoms in total. The van der Waals surface area contributed by atoms with Gasteiger partial charge in [0.25, 0.3) is 0 Å². The molecule has 0 spiro atoms. The molecule has 0 amide bonds. The summed E-state index contributed by atoms with van der Waals surface area (Å²) in [4.78, 5) is 2.59. The zero-order valence-electron chi connectivity index (χ0n) is 14.9. The van der Waals surface area contributed by atoms with Gasteiger partial charge in [-0.25, -0.2) is 0 Å². The van der Waals surface area contributed by atoms with Crippen LogP contribution in [0.4, 0.5) is 11.4 Å². The van der Waals surface area contributed by atoms with Crippen LogP contribution in [0.15, 0.2) is 72.8 Å². The fraction of sp³-hybridized carbons (Fsp3) is 0.250. The first kappa shape index (κ1) is 15.5.